The summed E-state index contributed by atoms with van der Waals surface area (Å²) in [5.41, 5.74) is 1.78. The number of hydrogen-bond donors (Lipinski definition) is 1. The van der Waals surface area contributed by atoms with Crippen molar-refractivity contribution in [3.05, 3.63) is 83.4 Å². The van der Waals surface area contributed by atoms with E-state index in [4.69, 9.17) is 4.74 Å². The smallest absolute Gasteiger partial charge is 0.267 e. The Morgan fingerprint density at radius 3 is 2.38 bits per heavy atom. The maximum atomic E-state index is 14.0. The number of amides is 1. The third-order valence-corrected chi connectivity index (χ3v) is 6.87. The van der Waals surface area contributed by atoms with Crippen LogP contribution in [0.2, 0.25) is 0 Å². The molecule has 6 nitrogen and oxygen atoms in total. The van der Waals surface area contributed by atoms with E-state index in [0.29, 0.717) is 11.8 Å². The monoisotopic (exact) mass is 458 g/mol. The molecule has 1 atom stereocenters. The van der Waals surface area contributed by atoms with Crippen molar-refractivity contribution in [2.24, 2.45) is 0 Å². The van der Waals surface area contributed by atoms with Crippen molar-refractivity contribution in [2.75, 3.05) is 16.2 Å². The molecule has 1 amide bonds. The lowest BCUT2D eigenvalue weighted by molar-refractivity contribution is -0.122. The molecule has 1 aliphatic rings. The molecule has 3 aromatic carbocycles. The van der Waals surface area contributed by atoms with Gasteiger partial charge in [0.05, 0.1) is 22.8 Å². The van der Waals surface area contributed by atoms with Gasteiger partial charge in [-0.25, -0.2) is 17.2 Å². The first-order chi connectivity index (χ1) is 15.1. The van der Waals surface area contributed by atoms with E-state index in [0.717, 1.165) is 27.6 Å². The minimum atomic E-state index is -4.01. The number of nitrogens with zero attached hydrogens (tertiary/aromatic N) is 1. The van der Waals surface area contributed by atoms with Gasteiger partial charge in [-0.05, 0) is 55.8 Å². The van der Waals surface area contributed by atoms with Crippen LogP contribution in [0.15, 0.2) is 65.6 Å². The maximum Gasteiger partial charge on any atom is 0.267 e. The molecule has 32 heavy (non-hydrogen) atoms. The van der Waals surface area contributed by atoms with Crippen LogP contribution < -0.4 is 14.4 Å². The lowest BCUT2D eigenvalue weighted by Gasteiger charge is -2.35. The summed E-state index contributed by atoms with van der Waals surface area (Å²) in [5.74, 6) is -2.28. The summed E-state index contributed by atoms with van der Waals surface area (Å²) in [6, 6.07) is 14.1. The Labute approximate surface area is 184 Å². The van der Waals surface area contributed by atoms with Gasteiger partial charge in [0, 0.05) is 6.07 Å². The van der Waals surface area contributed by atoms with Gasteiger partial charge in [-0.15, -0.1) is 0 Å². The molecule has 0 spiro atoms. The molecule has 4 rings (SSSR count). The van der Waals surface area contributed by atoms with Crippen molar-refractivity contribution >= 4 is 27.3 Å². The fourth-order valence-corrected chi connectivity index (χ4v) is 4.84. The number of hydrogen-bond acceptors (Lipinski definition) is 4. The van der Waals surface area contributed by atoms with Gasteiger partial charge in [-0.3, -0.25) is 9.10 Å². The standard InChI is InChI=1S/C23H20F2N2O4S/c1-14-3-7-17(8-4-14)32(29,30)27-13-22(31-21-11-15(2)5-10-20(21)27)23(28)26-19-9-6-16(24)12-18(19)25/h3-12,22H,13H2,1-2H3,(H,26,28)/t22-/m0/s1. The SMILES string of the molecule is Cc1ccc(S(=O)(=O)N2C[C@@H](C(=O)Nc3ccc(F)cc3F)Oc3cc(C)ccc32)cc1. The second kappa shape index (κ2) is 8.23. The van der Waals surface area contributed by atoms with Crippen LogP contribution in [0.1, 0.15) is 11.1 Å². The third kappa shape index (κ3) is 4.16. The molecule has 0 fully saturated rings. The molecule has 0 saturated heterocycles. The van der Waals surface area contributed by atoms with Crippen molar-refractivity contribution < 1.29 is 26.7 Å². The summed E-state index contributed by atoms with van der Waals surface area (Å²) in [6.45, 7) is 3.33. The van der Waals surface area contributed by atoms with Gasteiger partial charge in [0.25, 0.3) is 15.9 Å². The Balaban J connectivity index is 1.69. The summed E-state index contributed by atoms with van der Waals surface area (Å²) in [7, 11) is -4.01. The largest absolute Gasteiger partial charge is 0.476 e. The second-order valence-corrected chi connectivity index (χ2v) is 9.40. The predicted octanol–water partition coefficient (Wildman–Crippen LogP) is 4.18. The molecule has 1 aliphatic heterocycles. The third-order valence-electron chi connectivity index (χ3n) is 5.08. The number of ether oxygens (including phenoxy) is 1. The highest BCUT2D eigenvalue weighted by molar-refractivity contribution is 7.92. The molecule has 0 bridgehead atoms. The zero-order chi connectivity index (χ0) is 23.0. The van der Waals surface area contributed by atoms with Crippen LogP contribution in [-0.4, -0.2) is 27.0 Å². The Morgan fingerprint density at radius 2 is 1.69 bits per heavy atom. The van der Waals surface area contributed by atoms with Crippen LogP contribution in [0.25, 0.3) is 0 Å². The van der Waals surface area contributed by atoms with Crippen LogP contribution >= 0.6 is 0 Å². The summed E-state index contributed by atoms with van der Waals surface area (Å²) in [6.07, 6.45) is -1.26. The van der Waals surface area contributed by atoms with E-state index in [1.807, 2.05) is 6.92 Å². The van der Waals surface area contributed by atoms with E-state index >= 15 is 0 Å². The Morgan fingerprint density at radius 1 is 1.00 bits per heavy atom. The highest BCUT2D eigenvalue weighted by atomic mass is 32.2. The normalized spacial score (nSPS) is 15.6. The number of rotatable bonds is 4. The number of aryl methyl sites for hydroxylation is 2. The fourth-order valence-electron chi connectivity index (χ4n) is 3.37. The zero-order valence-corrected chi connectivity index (χ0v) is 18.1. The average Bonchev–Trinajstić information content (AvgIpc) is 2.74. The van der Waals surface area contributed by atoms with Gasteiger partial charge in [0.15, 0.2) is 6.10 Å². The van der Waals surface area contributed by atoms with Crippen LogP contribution in [0.3, 0.4) is 0 Å². The molecule has 0 unspecified atom stereocenters. The van der Waals surface area contributed by atoms with Crippen LogP contribution in [0, 0.1) is 25.5 Å². The van der Waals surface area contributed by atoms with E-state index in [9.17, 15) is 22.0 Å². The van der Waals surface area contributed by atoms with Gasteiger partial charge in [0.1, 0.15) is 17.4 Å². The van der Waals surface area contributed by atoms with Crippen molar-refractivity contribution in [3.8, 4) is 5.75 Å². The molecule has 0 aromatic heterocycles. The molecule has 0 saturated carbocycles. The fraction of sp³-hybridized carbons (Fsp3) is 0.174. The number of carbonyl (C=O) groups excluding carboxylic acids is 1. The van der Waals surface area contributed by atoms with Crippen molar-refractivity contribution in [2.45, 2.75) is 24.8 Å². The molecule has 0 radical (unpaired) electrons. The van der Waals surface area contributed by atoms with E-state index < -0.39 is 33.7 Å². The quantitative estimate of drug-likeness (QED) is 0.637. The average molecular weight is 458 g/mol. The molecule has 1 heterocycles. The molecule has 1 N–H and O–H groups in total. The highest BCUT2D eigenvalue weighted by Crippen LogP contribution is 2.38. The van der Waals surface area contributed by atoms with Crippen LogP contribution in [0.5, 0.6) is 5.75 Å². The Kier molecular flexibility index (Phi) is 5.60. The summed E-state index contributed by atoms with van der Waals surface area (Å²) in [4.78, 5) is 12.9. The summed E-state index contributed by atoms with van der Waals surface area (Å²) < 4.78 is 60.8. The van der Waals surface area contributed by atoms with E-state index in [1.54, 1.807) is 37.3 Å². The van der Waals surface area contributed by atoms with Gasteiger partial charge in [-0.1, -0.05) is 23.8 Å². The van der Waals surface area contributed by atoms with Crippen LogP contribution in [0.4, 0.5) is 20.2 Å². The number of anilines is 2. The molecule has 166 valence electrons. The van der Waals surface area contributed by atoms with E-state index in [1.165, 1.54) is 12.1 Å². The lowest BCUT2D eigenvalue weighted by atomic mass is 10.1. The molecular weight excluding hydrogens is 438 g/mol. The molecule has 0 aliphatic carbocycles. The van der Waals surface area contributed by atoms with E-state index in [2.05, 4.69) is 5.32 Å². The second-order valence-electron chi connectivity index (χ2n) is 7.54. The lowest BCUT2D eigenvalue weighted by Crippen LogP contribution is -2.48. The Bertz CT molecular complexity index is 1290. The number of carbonyl (C=O) groups is 1. The number of sulfonamides is 1. The van der Waals surface area contributed by atoms with Gasteiger partial charge in [-0.2, -0.15) is 0 Å². The van der Waals surface area contributed by atoms with Gasteiger partial charge < -0.3 is 10.1 Å². The van der Waals surface area contributed by atoms with Crippen molar-refractivity contribution in [1.82, 2.24) is 0 Å². The van der Waals surface area contributed by atoms with Crippen molar-refractivity contribution in [1.29, 1.82) is 0 Å². The van der Waals surface area contributed by atoms with Gasteiger partial charge in [0.2, 0.25) is 0 Å². The predicted molar refractivity (Wildman–Crippen MR) is 116 cm³/mol. The maximum absolute atomic E-state index is 14.0. The molecule has 9 heteroatoms. The first-order valence-corrected chi connectivity index (χ1v) is 11.2. The summed E-state index contributed by atoms with van der Waals surface area (Å²) >= 11 is 0. The van der Waals surface area contributed by atoms with Gasteiger partial charge >= 0.3 is 0 Å². The molecule has 3 aromatic rings. The van der Waals surface area contributed by atoms with Crippen molar-refractivity contribution in [3.63, 3.8) is 0 Å². The minimum absolute atomic E-state index is 0.0697. The summed E-state index contributed by atoms with van der Waals surface area (Å²) in [5, 5.41) is 2.34. The highest BCUT2D eigenvalue weighted by Gasteiger charge is 2.37. The number of fused-ring (bicyclic) bond motifs is 1. The first kappa shape index (κ1) is 21.8. The zero-order valence-electron chi connectivity index (χ0n) is 17.3. The number of nitrogens with one attached hydrogen (secondary N) is 1. The van der Waals surface area contributed by atoms with E-state index in [-0.39, 0.29) is 22.9 Å². The Hall–Kier alpha value is -3.46. The number of benzene rings is 3. The topological polar surface area (TPSA) is 75.7 Å². The minimum Gasteiger partial charge on any atom is -0.476 e. The first-order valence-electron chi connectivity index (χ1n) is 9.78. The van der Waals surface area contributed by atoms with Crippen LogP contribution in [-0.2, 0) is 14.8 Å². The molecular formula is C23H20F2N2O4S. The number of halogens is 2.